The lowest BCUT2D eigenvalue weighted by Gasteiger charge is -2.06. The average molecular weight is 393 g/mol. The first-order valence-corrected chi connectivity index (χ1v) is 9.00. The maximum Gasteiger partial charge on any atom is 0.278 e. The van der Waals surface area contributed by atoms with Crippen LogP contribution >= 0.6 is 11.6 Å². The monoisotopic (exact) mass is 392 g/mol. The van der Waals surface area contributed by atoms with E-state index in [0.29, 0.717) is 21.7 Å². The number of rotatable bonds is 3. The van der Waals surface area contributed by atoms with E-state index in [1.54, 1.807) is 43.3 Å². The lowest BCUT2D eigenvalue weighted by Crippen LogP contribution is -2.09. The number of carbonyl (C=O) groups excluding carboxylic acids is 1. The van der Waals surface area contributed by atoms with Gasteiger partial charge in [0.05, 0.1) is 17.4 Å². The molecular weight excluding hydrogens is 376 g/mol. The molecule has 0 atom stereocenters. The second-order valence-corrected chi connectivity index (χ2v) is 7.14. The van der Waals surface area contributed by atoms with Crippen LogP contribution in [0.1, 0.15) is 10.4 Å². The van der Waals surface area contributed by atoms with Crippen molar-refractivity contribution in [3.63, 3.8) is 0 Å². The molecule has 0 radical (unpaired) electrons. The average Bonchev–Trinajstić information content (AvgIpc) is 3.03. The predicted octanol–water partition coefficient (Wildman–Crippen LogP) is 4.06. The Labute approximate surface area is 165 Å². The number of amides is 1. The molecule has 0 saturated carbocycles. The minimum Gasteiger partial charge on any atom is -0.369 e. The van der Waals surface area contributed by atoms with Crippen molar-refractivity contribution in [2.45, 2.75) is 0 Å². The van der Waals surface area contributed by atoms with E-state index in [4.69, 9.17) is 11.6 Å². The van der Waals surface area contributed by atoms with Crippen molar-refractivity contribution in [2.24, 2.45) is 4.99 Å². The number of pyridine rings is 1. The number of hydrogen-bond acceptors (Lipinski definition) is 2. The van der Waals surface area contributed by atoms with Crippen LogP contribution in [0.4, 0.5) is 0 Å². The molecule has 0 aliphatic carbocycles. The van der Waals surface area contributed by atoms with Gasteiger partial charge < -0.3 is 14.9 Å². The third kappa shape index (κ3) is 3.30. The topological polar surface area (TPSA) is 81.3 Å². The molecule has 0 aliphatic heterocycles. The number of halogens is 1. The molecule has 4 aromatic rings. The Morgan fingerprint density at radius 3 is 2.68 bits per heavy atom. The van der Waals surface area contributed by atoms with Crippen LogP contribution < -0.4 is 5.56 Å². The number of fused-ring (bicyclic) bond motifs is 3. The molecule has 28 heavy (non-hydrogen) atoms. The predicted molar refractivity (Wildman–Crippen MR) is 113 cm³/mol. The van der Waals surface area contributed by atoms with E-state index in [0.717, 1.165) is 22.0 Å². The highest BCUT2D eigenvalue weighted by Gasteiger charge is 2.13. The van der Waals surface area contributed by atoms with E-state index in [1.165, 1.54) is 12.4 Å². The molecule has 0 unspecified atom stereocenters. The van der Waals surface area contributed by atoms with Crippen molar-refractivity contribution in [2.75, 3.05) is 14.1 Å². The lowest BCUT2D eigenvalue weighted by atomic mass is 10.0. The van der Waals surface area contributed by atoms with E-state index < -0.39 is 0 Å². The molecule has 0 bridgehead atoms. The van der Waals surface area contributed by atoms with Crippen LogP contribution in [-0.4, -0.2) is 41.2 Å². The molecule has 0 saturated heterocycles. The zero-order chi connectivity index (χ0) is 19.8. The Kier molecular flexibility index (Phi) is 4.49. The van der Waals surface area contributed by atoms with Crippen molar-refractivity contribution in [3.8, 4) is 11.1 Å². The molecule has 1 amide bonds. The Balaban J connectivity index is 1.90. The zero-order valence-corrected chi connectivity index (χ0v) is 16.0. The number of aromatic amines is 2. The Morgan fingerprint density at radius 1 is 1.07 bits per heavy atom. The molecule has 7 heteroatoms. The smallest absolute Gasteiger partial charge is 0.278 e. The summed E-state index contributed by atoms with van der Waals surface area (Å²) in [6, 6.07) is 14.1. The van der Waals surface area contributed by atoms with Crippen molar-refractivity contribution < 1.29 is 4.79 Å². The summed E-state index contributed by atoms with van der Waals surface area (Å²) in [4.78, 5) is 36.5. The first-order valence-electron chi connectivity index (χ1n) is 8.62. The van der Waals surface area contributed by atoms with Gasteiger partial charge in [0.15, 0.2) is 0 Å². The van der Waals surface area contributed by atoms with E-state index in [9.17, 15) is 9.59 Å². The fourth-order valence-electron chi connectivity index (χ4n) is 3.15. The highest BCUT2D eigenvalue weighted by Crippen LogP contribution is 2.32. The quantitative estimate of drug-likeness (QED) is 0.407. The van der Waals surface area contributed by atoms with E-state index >= 15 is 0 Å². The summed E-state index contributed by atoms with van der Waals surface area (Å²) < 4.78 is 0. The summed E-state index contributed by atoms with van der Waals surface area (Å²) in [6.07, 6.45) is 1.46. The Bertz CT molecular complexity index is 1300. The fourth-order valence-corrected chi connectivity index (χ4v) is 3.32. The van der Waals surface area contributed by atoms with Crippen LogP contribution in [0.15, 0.2) is 58.3 Å². The minimum atomic E-state index is -0.347. The molecule has 0 aliphatic rings. The molecule has 6 nitrogen and oxygen atoms in total. The highest BCUT2D eigenvalue weighted by atomic mass is 35.5. The van der Waals surface area contributed by atoms with E-state index in [-0.39, 0.29) is 11.5 Å². The van der Waals surface area contributed by atoms with Crippen molar-refractivity contribution in [1.29, 1.82) is 0 Å². The maximum absolute atomic E-state index is 12.3. The van der Waals surface area contributed by atoms with Gasteiger partial charge in [0.25, 0.3) is 5.91 Å². The molecule has 140 valence electrons. The second kappa shape index (κ2) is 6.98. The molecule has 4 rings (SSSR count). The minimum absolute atomic E-state index is 0.231. The third-order valence-corrected chi connectivity index (χ3v) is 4.62. The molecule has 2 N–H and O–H groups in total. The Morgan fingerprint density at radius 2 is 1.89 bits per heavy atom. The number of H-pyrrole nitrogens is 2. The number of carbonyl (C=O) groups is 1. The van der Waals surface area contributed by atoms with Gasteiger partial charge in [0, 0.05) is 47.2 Å². The van der Waals surface area contributed by atoms with E-state index in [2.05, 4.69) is 15.0 Å². The SMILES string of the molecule is CN(C)/C=N\C(=O)c1cccc(-c2cc(=O)[nH]c3c2[nH]c2ccc(Cl)cc23)c1. The van der Waals surface area contributed by atoms with Crippen molar-refractivity contribution >= 4 is 45.8 Å². The largest absolute Gasteiger partial charge is 0.369 e. The van der Waals surface area contributed by atoms with Gasteiger partial charge in [0.2, 0.25) is 5.56 Å². The van der Waals surface area contributed by atoms with Crippen molar-refractivity contribution in [3.05, 3.63) is 69.5 Å². The number of nitrogens with one attached hydrogen (secondary N) is 2. The van der Waals surface area contributed by atoms with Gasteiger partial charge in [-0.3, -0.25) is 9.59 Å². The van der Waals surface area contributed by atoms with Crippen LogP contribution in [0.2, 0.25) is 5.02 Å². The van der Waals surface area contributed by atoms with Gasteiger partial charge >= 0.3 is 0 Å². The number of nitrogens with zero attached hydrogens (tertiary/aromatic N) is 2. The summed E-state index contributed by atoms with van der Waals surface area (Å²) in [5.74, 6) is -0.347. The summed E-state index contributed by atoms with van der Waals surface area (Å²) >= 11 is 6.12. The lowest BCUT2D eigenvalue weighted by molar-refractivity contribution is 0.100. The van der Waals surface area contributed by atoms with Gasteiger partial charge in [-0.2, -0.15) is 4.99 Å². The van der Waals surface area contributed by atoms with E-state index in [1.807, 2.05) is 18.2 Å². The fraction of sp³-hybridized carbons (Fsp3) is 0.0952. The number of aliphatic imine (C=N–C) groups is 1. The molecule has 2 heterocycles. The standard InChI is InChI=1S/C21H17ClN4O2/c1-26(2)11-23-21(28)13-5-3-4-12(8-13)15-10-18(27)25-20-16-9-14(22)6-7-17(16)24-19(15)20/h3-11,24H,1-2H3,(H,25,27)/b23-11-. The summed E-state index contributed by atoms with van der Waals surface area (Å²) in [7, 11) is 3.59. The summed E-state index contributed by atoms with van der Waals surface area (Å²) in [5, 5.41) is 1.43. The zero-order valence-electron chi connectivity index (χ0n) is 15.3. The van der Waals surface area contributed by atoms with Crippen LogP contribution in [0.3, 0.4) is 0 Å². The first-order chi connectivity index (χ1) is 13.4. The van der Waals surface area contributed by atoms with Gasteiger partial charge in [-0.05, 0) is 35.9 Å². The molecule has 2 aromatic heterocycles. The molecule has 0 spiro atoms. The maximum atomic E-state index is 12.3. The Hall–Kier alpha value is -3.38. The van der Waals surface area contributed by atoms with Gasteiger partial charge in [0.1, 0.15) is 0 Å². The third-order valence-electron chi connectivity index (χ3n) is 4.38. The van der Waals surface area contributed by atoms with Crippen LogP contribution in [0.25, 0.3) is 33.1 Å². The van der Waals surface area contributed by atoms with Crippen LogP contribution in [0, 0.1) is 0 Å². The van der Waals surface area contributed by atoms with Crippen LogP contribution in [0.5, 0.6) is 0 Å². The molecule has 0 fully saturated rings. The first kappa shape index (κ1) is 18.0. The summed E-state index contributed by atoms with van der Waals surface area (Å²) in [6.45, 7) is 0. The van der Waals surface area contributed by atoms with Crippen molar-refractivity contribution in [1.82, 2.24) is 14.9 Å². The van der Waals surface area contributed by atoms with Gasteiger partial charge in [-0.1, -0.05) is 23.7 Å². The number of aromatic nitrogens is 2. The second-order valence-electron chi connectivity index (χ2n) is 6.71. The van der Waals surface area contributed by atoms with Gasteiger partial charge in [-0.25, -0.2) is 0 Å². The van der Waals surface area contributed by atoms with Crippen LogP contribution in [-0.2, 0) is 0 Å². The molecular formula is C21H17ClN4O2. The normalized spacial score (nSPS) is 11.5. The van der Waals surface area contributed by atoms with Gasteiger partial charge in [-0.15, -0.1) is 0 Å². The highest BCUT2D eigenvalue weighted by molar-refractivity contribution is 6.31. The number of benzene rings is 2. The number of hydrogen-bond donors (Lipinski definition) is 2. The molecule has 2 aromatic carbocycles. The summed E-state index contributed by atoms with van der Waals surface area (Å²) in [5.41, 5.74) is 4.00.